The van der Waals surface area contributed by atoms with Crippen LogP contribution in [0, 0.1) is 0 Å². The minimum Gasteiger partial charge on any atom is -0.497 e. The number of carbonyl (C=O) groups is 1. The number of aromatic nitrogens is 2. The van der Waals surface area contributed by atoms with E-state index >= 15 is 0 Å². The number of nitrogens with zero attached hydrogens (tertiary/aromatic N) is 3. The molecule has 0 saturated carbocycles. The number of anilines is 1. The Balaban J connectivity index is 1.42. The second kappa shape index (κ2) is 8.49. The van der Waals surface area contributed by atoms with E-state index < -0.39 is 0 Å². The summed E-state index contributed by atoms with van der Waals surface area (Å²) in [6.07, 6.45) is 2.47. The van der Waals surface area contributed by atoms with E-state index in [-0.39, 0.29) is 11.9 Å². The Hall–Kier alpha value is -3.12. The van der Waals surface area contributed by atoms with Gasteiger partial charge in [-0.15, -0.1) is 0 Å². The van der Waals surface area contributed by atoms with Crippen LogP contribution in [-0.2, 0) is 0 Å². The molecule has 1 unspecified atom stereocenters. The predicted octanol–water partition coefficient (Wildman–Crippen LogP) is 3.81. The van der Waals surface area contributed by atoms with E-state index in [1.165, 1.54) is 0 Å². The normalized spacial score (nSPS) is 15.9. The van der Waals surface area contributed by atoms with Gasteiger partial charge in [-0.1, -0.05) is 17.7 Å². The van der Waals surface area contributed by atoms with E-state index in [4.69, 9.17) is 16.3 Å². The van der Waals surface area contributed by atoms with Crippen LogP contribution in [0.15, 0.2) is 60.8 Å². The Bertz CT molecular complexity index is 1010. The van der Waals surface area contributed by atoms with Crippen molar-refractivity contribution in [3.63, 3.8) is 0 Å². The summed E-state index contributed by atoms with van der Waals surface area (Å²) in [6.45, 7) is 1.62. The van der Waals surface area contributed by atoms with Crippen molar-refractivity contribution in [2.45, 2.75) is 12.5 Å². The first-order valence-corrected chi connectivity index (χ1v) is 9.79. The van der Waals surface area contributed by atoms with Gasteiger partial charge in [0.15, 0.2) is 5.82 Å². The largest absolute Gasteiger partial charge is 0.497 e. The van der Waals surface area contributed by atoms with Crippen molar-refractivity contribution in [3.05, 3.63) is 71.5 Å². The summed E-state index contributed by atoms with van der Waals surface area (Å²) in [5, 5.41) is 3.73. The van der Waals surface area contributed by atoms with E-state index in [9.17, 15) is 4.79 Å². The van der Waals surface area contributed by atoms with E-state index in [2.05, 4.69) is 26.3 Å². The first-order valence-electron chi connectivity index (χ1n) is 9.41. The Labute approximate surface area is 174 Å². The Morgan fingerprint density at radius 3 is 2.83 bits per heavy atom. The van der Waals surface area contributed by atoms with Crippen molar-refractivity contribution >= 4 is 23.2 Å². The monoisotopic (exact) mass is 408 g/mol. The zero-order chi connectivity index (χ0) is 20.2. The highest BCUT2D eigenvalue weighted by Crippen LogP contribution is 2.25. The third-order valence-electron chi connectivity index (χ3n) is 4.93. The molecule has 0 bridgehead atoms. The summed E-state index contributed by atoms with van der Waals surface area (Å²) < 4.78 is 5.30. The summed E-state index contributed by atoms with van der Waals surface area (Å²) in [4.78, 5) is 23.6. The molecule has 1 atom stereocenters. The number of methoxy groups -OCH3 is 1. The molecule has 1 amide bonds. The van der Waals surface area contributed by atoms with Crippen LogP contribution in [0.3, 0.4) is 0 Å². The quantitative estimate of drug-likeness (QED) is 0.695. The van der Waals surface area contributed by atoms with Gasteiger partial charge >= 0.3 is 0 Å². The molecule has 4 rings (SSSR count). The number of carbonyl (C=O) groups excluding carboxylic acids is 1. The second-order valence-electron chi connectivity index (χ2n) is 6.88. The molecule has 1 fully saturated rings. The van der Waals surface area contributed by atoms with Gasteiger partial charge in [0, 0.05) is 47.7 Å². The van der Waals surface area contributed by atoms with Crippen molar-refractivity contribution in [1.29, 1.82) is 0 Å². The first kappa shape index (κ1) is 19.2. The number of hydrogen-bond donors (Lipinski definition) is 1. The van der Waals surface area contributed by atoms with Gasteiger partial charge in [0.1, 0.15) is 11.4 Å². The molecule has 0 spiro atoms. The highest BCUT2D eigenvalue weighted by atomic mass is 35.5. The fourth-order valence-corrected chi connectivity index (χ4v) is 3.53. The minimum atomic E-state index is -0.194. The van der Waals surface area contributed by atoms with Crippen LogP contribution >= 0.6 is 11.6 Å². The number of amides is 1. The lowest BCUT2D eigenvalue weighted by Gasteiger charge is -2.19. The minimum absolute atomic E-state index is 0.0580. The summed E-state index contributed by atoms with van der Waals surface area (Å²) in [7, 11) is 1.66. The van der Waals surface area contributed by atoms with E-state index in [1.54, 1.807) is 31.5 Å². The maximum atomic E-state index is 12.7. The van der Waals surface area contributed by atoms with E-state index in [0.717, 1.165) is 36.5 Å². The molecular weight excluding hydrogens is 388 g/mol. The first-order chi connectivity index (χ1) is 14.1. The number of benzene rings is 2. The summed E-state index contributed by atoms with van der Waals surface area (Å²) in [5.41, 5.74) is 2.26. The van der Waals surface area contributed by atoms with Gasteiger partial charge in [-0.2, -0.15) is 0 Å². The van der Waals surface area contributed by atoms with Crippen molar-refractivity contribution in [1.82, 2.24) is 15.3 Å². The van der Waals surface area contributed by atoms with Gasteiger partial charge in [-0.25, -0.2) is 9.97 Å². The van der Waals surface area contributed by atoms with Crippen LogP contribution in [0.25, 0.3) is 11.4 Å². The molecule has 7 heteroatoms. The molecule has 6 nitrogen and oxygen atoms in total. The molecule has 1 aliphatic rings. The maximum Gasteiger partial charge on any atom is 0.270 e. The molecule has 2 aromatic carbocycles. The number of hydrogen-bond acceptors (Lipinski definition) is 5. The third-order valence-corrected chi connectivity index (χ3v) is 5.18. The Kier molecular flexibility index (Phi) is 5.62. The molecule has 1 N–H and O–H groups in total. The number of ether oxygens (including phenoxy) is 1. The van der Waals surface area contributed by atoms with Gasteiger partial charge in [-0.05, 0) is 48.9 Å². The summed E-state index contributed by atoms with van der Waals surface area (Å²) >= 11 is 5.93. The zero-order valence-corrected chi connectivity index (χ0v) is 16.8. The lowest BCUT2D eigenvalue weighted by atomic mass is 10.2. The fraction of sp³-hybridized carbons (Fsp3) is 0.227. The molecule has 3 aromatic rings. The van der Waals surface area contributed by atoms with Crippen LogP contribution in [0.5, 0.6) is 5.75 Å². The fourth-order valence-electron chi connectivity index (χ4n) is 3.40. The number of rotatable bonds is 5. The average Bonchev–Trinajstić information content (AvgIpc) is 3.23. The predicted molar refractivity (Wildman–Crippen MR) is 114 cm³/mol. The zero-order valence-electron chi connectivity index (χ0n) is 16.0. The van der Waals surface area contributed by atoms with Crippen LogP contribution in [0.2, 0.25) is 5.02 Å². The van der Waals surface area contributed by atoms with E-state index in [1.807, 2.05) is 30.3 Å². The van der Waals surface area contributed by atoms with Gasteiger partial charge in [-0.3, -0.25) is 4.79 Å². The van der Waals surface area contributed by atoms with Crippen molar-refractivity contribution in [2.75, 3.05) is 25.1 Å². The molecule has 2 heterocycles. The van der Waals surface area contributed by atoms with Crippen molar-refractivity contribution in [3.8, 4) is 17.1 Å². The third kappa shape index (κ3) is 4.49. The van der Waals surface area contributed by atoms with Crippen LogP contribution in [0.4, 0.5) is 5.69 Å². The van der Waals surface area contributed by atoms with Crippen LogP contribution in [0.1, 0.15) is 16.9 Å². The molecule has 0 aliphatic carbocycles. The molecule has 148 valence electrons. The molecule has 0 radical (unpaired) electrons. The topological polar surface area (TPSA) is 67.3 Å². The number of nitrogens with one attached hydrogen (secondary N) is 1. The van der Waals surface area contributed by atoms with Gasteiger partial charge in [0.05, 0.1) is 7.11 Å². The summed E-state index contributed by atoms with van der Waals surface area (Å²) in [5.74, 6) is 1.13. The smallest absolute Gasteiger partial charge is 0.270 e. The Morgan fingerprint density at radius 1 is 1.21 bits per heavy atom. The molecule has 1 aliphatic heterocycles. The molecule has 1 aromatic heterocycles. The molecule has 1 saturated heterocycles. The van der Waals surface area contributed by atoms with E-state index in [0.29, 0.717) is 16.5 Å². The molecule has 29 heavy (non-hydrogen) atoms. The maximum absolute atomic E-state index is 12.7. The lowest BCUT2D eigenvalue weighted by molar-refractivity contribution is 0.0935. The standard InChI is InChI=1S/C22H21ClN4O2/c1-29-19-4-2-3-18(13-19)27-12-10-17(14-27)25-22(28)20-9-11-24-21(26-20)15-5-7-16(23)8-6-15/h2-9,11,13,17H,10,12,14H2,1H3,(H,25,28). The Morgan fingerprint density at radius 2 is 2.03 bits per heavy atom. The number of halogens is 1. The van der Waals surface area contributed by atoms with Crippen LogP contribution < -0.4 is 15.0 Å². The van der Waals surface area contributed by atoms with Gasteiger partial charge < -0.3 is 15.0 Å². The van der Waals surface area contributed by atoms with Gasteiger partial charge in [0.2, 0.25) is 0 Å². The highest BCUT2D eigenvalue weighted by Gasteiger charge is 2.25. The van der Waals surface area contributed by atoms with Crippen molar-refractivity contribution < 1.29 is 9.53 Å². The van der Waals surface area contributed by atoms with Crippen LogP contribution in [-0.4, -0.2) is 42.1 Å². The van der Waals surface area contributed by atoms with Gasteiger partial charge in [0.25, 0.3) is 5.91 Å². The second-order valence-corrected chi connectivity index (χ2v) is 7.32. The molecular formula is C22H21ClN4O2. The van der Waals surface area contributed by atoms with Crippen molar-refractivity contribution in [2.24, 2.45) is 0 Å². The summed E-state index contributed by atoms with van der Waals surface area (Å²) in [6, 6.07) is 16.9. The highest BCUT2D eigenvalue weighted by molar-refractivity contribution is 6.30. The lowest BCUT2D eigenvalue weighted by Crippen LogP contribution is -2.37. The SMILES string of the molecule is COc1cccc(N2CCC(NC(=O)c3ccnc(-c4ccc(Cl)cc4)n3)C2)c1. The average molecular weight is 409 g/mol.